The average molecular weight is 397 g/mol. The Balaban J connectivity index is 1.72. The zero-order valence-electron chi connectivity index (χ0n) is 13.6. The molecule has 1 fully saturated rings. The number of hydrogen-bond donors (Lipinski definition) is 0. The molecule has 2 aliphatic heterocycles. The van der Waals surface area contributed by atoms with Gasteiger partial charge in [0.2, 0.25) is 5.91 Å². The molecule has 2 aromatic rings. The van der Waals surface area contributed by atoms with E-state index >= 15 is 0 Å². The molecule has 5 nitrogen and oxygen atoms in total. The van der Waals surface area contributed by atoms with Gasteiger partial charge < -0.3 is 4.90 Å². The fourth-order valence-corrected chi connectivity index (χ4v) is 6.54. The van der Waals surface area contributed by atoms with Crippen molar-refractivity contribution in [1.82, 2.24) is 9.21 Å². The topological polar surface area (TPSA) is 57.7 Å². The predicted octanol–water partition coefficient (Wildman–Crippen LogP) is 2.84. The third kappa shape index (κ3) is 2.89. The molecule has 1 saturated heterocycles. The van der Waals surface area contributed by atoms with Crippen LogP contribution in [0.1, 0.15) is 22.0 Å². The van der Waals surface area contributed by atoms with Gasteiger partial charge in [0.1, 0.15) is 4.21 Å². The van der Waals surface area contributed by atoms with Gasteiger partial charge in [0.15, 0.2) is 0 Å². The highest BCUT2D eigenvalue weighted by Gasteiger charge is 2.41. The van der Waals surface area contributed by atoms with Gasteiger partial charge in [-0.1, -0.05) is 17.7 Å². The molecule has 25 heavy (non-hydrogen) atoms. The Labute approximate surface area is 155 Å². The SMILES string of the molecule is Cc1ccc(S(=O)(=O)N2CC(=O)N3CCc4ccc(Cl)cc4C3C2)s1. The van der Waals surface area contributed by atoms with E-state index in [0.29, 0.717) is 11.6 Å². The first-order chi connectivity index (χ1) is 11.9. The lowest BCUT2D eigenvalue weighted by Gasteiger charge is -2.44. The molecule has 1 aromatic carbocycles. The van der Waals surface area contributed by atoms with Crippen LogP contribution in [-0.2, 0) is 21.2 Å². The van der Waals surface area contributed by atoms with Crippen LogP contribution in [0.15, 0.2) is 34.5 Å². The van der Waals surface area contributed by atoms with Crippen molar-refractivity contribution < 1.29 is 13.2 Å². The van der Waals surface area contributed by atoms with Crippen molar-refractivity contribution in [3.05, 3.63) is 51.4 Å². The van der Waals surface area contributed by atoms with Gasteiger partial charge in [-0.15, -0.1) is 11.3 Å². The Morgan fingerprint density at radius 2 is 2.04 bits per heavy atom. The number of benzene rings is 1. The molecule has 2 aliphatic rings. The number of aryl methyl sites for hydroxylation is 1. The van der Waals surface area contributed by atoms with Gasteiger partial charge in [0.05, 0.1) is 12.6 Å². The summed E-state index contributed by atoms with van der Waals surface area (Å²) >= 11 is 7.37. The third-order valence-electron chi connectivity index (χ3n) is 4.78. The molecule has 132 valence electrons. The number of piperazine rings is 1. The Kier molecular flexibility index (Phi) is 4.15. The van der Waals surface area contributed by atoms with Crippen LogP contribution in [0.2, 0.25) is 5.02 Å². The summed E-state index contributed by atoms with van der Waals surface area (Å²) in [6.45, 7) is 2.64. The zero-order chi connectivity index (χ0) is 17.8. The quantitative estimate of drug-likeness (QED) is 0.784. The molecular formula is C17H17ClN2O3S2. The standard InChI is InChI=1S/C17H17ClN2O3S2/c1-11-2-5-17(24-11)25(22,23)19-9-15-14-8-13(18)4-3-12(14)6-7-20(15)16(21)10-19/h2-5,8,15H,6-7,9-10H2,1H3. The lowest BCUT2D eigenvalue weighted by Crippen LogP contribution is -2.55. The number of thiophene rings is 1. The summed E-state index contributed by atoms with van der Waals surface area (Å²) < 4.78 is 27.5. The molecule has 1 atom stereocenters. The zero-order valence-corrected chi connectivity index (χ0v) is 16.0. The van der Waals surface area contributed by atoms with Crippen molar-refractivity contribution >= 4 is 38.9 Å². The summed E-state index contributed by atoms with van der Waals surface area (Å²) in [4.78, 5) is 15.3. The molecule has 1 amide bonds. The molecule has 8 heteroatoms. The van der Waals surface area contributed by atoms with Crippen molar-refractivity contribution in [1.29, 1.82) is 0 Å². The van der Waals surface area contributed by atoms with Crippen molar-refractivity contribution in [2.45, 2.75) is 23.6 Å². The molecule has 0 saturated carbocycles. The first kappa shape index (κ1) is 17.0. The summed E-state index contributed by atoms with van der Waals surface area (Å²) in [6.07, 6.45) is 0.769. The highest BCUT2D eigenvalue weighted by molar-refractivity contribution is 7.91. The molecule has 0 radical (unpaired) electrons. The van der Waals surface area contributed by atoms with E-state index in [1.54, 1.807) is 17.0 Å². The fraction of sp³-hybridized carbons (Fsp3) is 0.353. The number of halogens is 1. The van der Waals surface area contributed by atoms with E-state index in [4.69, 9.17) is 11.6 Å². The minimum atomic E-state index is -3.67. The number of rotatable bonds is 2. The first-order valence-corrected chi connectivity index (χ1v) is 10.6. The summed E-state index contributed by atoms with van der Waals surface area (Å²) in [5, 5.41) is 0.599. The van der Waals surface area contributed by atoms with Crippen molar-refractivity contribution in [3.63, 3.8) is 0 Å². The smallest absolute Gasteiger partial charge is 0.253 e. The van der Waals surface area contributed by atoms with E-state index in [-0.39, 0.29) is 29.2 Å². The van der Waals surface area contributed by atoms with Crippen LogP contribution in [0.25, 0.3) is 0 Å². The second-order valence-corrected chi connectivity index (χ2v) is 10.2. The fourth-order valence-electron chi connectivity index (χ4n) is 3.52. The van der Waals surface area contributed by atoms with Gasteiger partial charge >= 0.3 is 0 Å². The van der Waals surface area contributed by atoms with Crippen LogP contribution in [-0.4, -0.2) is 43.2 Å². The van der Waals surface area contributed by atoms with Gasteiger partial charge in [-0.3, -0.25) is 4.79 Å². The number of amides is 1. The Morgan fingerprint density at radius 1 is 1.24 bits per heavy atom. The van der Waals surface area contributed by atoms with Crippen LogP contribution in [0.5, 0.6) is 0 Å². The summed E-state index contributed by atoms with van der Waals surface area (Å²) in [6, 6.07) is 8.77. The Hall–Kier alpha value is -1.41. The minimum Gasteiger partial charge on any atom is -0.333 e. The number of sulfonamides is 1. The monoisotopic (exact) mass is 396 g/mol. The number of fused-ring (bicyclic) bond motifs is 3. The average Bonchev–Trinajstić information content (AvgIpc) is 3.02. The number of carbonyl (C=O) groups excluding carboxylic acids is 1. The maximum atomic E-state index is 12.9. The highest BCUT2D eigenvalue weighted by atomic mass is 35.5. The maximum absolute atomic E-state index is 12.9. The van der Waals surface area contributed by atoms with Gasteiger partial charge in [-0.25, -0.2) is 8.42 Å². The number of carbonyl (C=O) groups is 1. The van der Waals surface area contributed by atoms with Crippen LogP contribution in [0.4, 0.5) is 0 Å². The third-order valence-corrected chi connectivity index (χ3v) is 8.30. The predicted molar refractivity (Wildman–Crippen MR) is 97.4 cm³/mol. The molecular weight excluding hydrogens is 380 g/mol. The molecule has 0 aliphatic carbocycles. The van der Waals surface area contributed by atoms with Crippen molar-refractivity contribution in [2.75, 3.05) is 19.6 Å². The Morgan fingerprint density at radius 3 is 2.76 bits per heavy atom. The second-order valence-electron chi connectivity index (χ2n) is 6.36. The minimum absolute atomic E-state index is 0.105. The van der Waals surface area contributed by atoms with Gasteiger partial charge in [0, 0.05) is 23.0 Å². The van der Waals surface area contributed by atoms with E-state index in [9.17, 15) is 13.2 Å². The second kappa shape index (κ2) is 6.09. The maximum Gasteiger partial charge on any atom is 0.253 e. The summed E-state index contributed by atoms with van der Waals surface area (Å²) in [5.74, 6) is -0.154. The van der Waals surface area contributed by atoms with E-state index in [1.165, 1.54) is 15.6 Å². The molecule has 1 unspecified atom stereocenters. The number of hydrogen-bond acceptors (Lipinski definition) is 4. The van der Waals surface area contributed by atoms with Crippen LogP contribution >= 0.6 is 22.9 Å². The van der Waals surface area contributed by atoms with Gasteiger partial charge in [-0.05, 0) is 48.7 Å². The van der Waals surface area contributed by atoms with Crippen molar-refractivity contribution in [2.24, 2.45) is 0 Å². The summed E-state index contributed by atoms with van der Waals surface area (Å²) in [5.41, 5.74) is 2.08. The summed E-state index contributed by atoms with van der Waals surface area (Å²) in [7, 11) is -3.67. The lowest BCUT2D eigenvalue weighted by molar-refractivity contribution is -0.138. The molecule has 4 rings (SSSR count). The molecule has 0 N–H and O–H groups in total. The van der Waals surface area contributed by atoms with Gasteiger partial charge in [0.25, 0.3) is 10.0 Å². The number of nitrogens with zero attached hydrogens (tertiary/aromatic N) is 2. The van der Waals surface area contributed by atoms with E-state index < -0.39 is 10.0 Å². The molecule has 3 heterocycles. The molecule has 0 bridgehead atoms. The lowest BCUT2D eigenvalue weighted by atomic mass is 9.91. The normalized spacial score (nSPS) is 21.1. The largest absolute Gasteiger partial charge is 0.333 e. The van der Waals surface area contributed by atoms with Crippen LogP contribution in [0.3, 0.4) is 0 Å². The highest BCUT2D eigenvalue weighted by Crippen LogP contribution is 2.36. The molecule has 0 spiro atoms. The van der Waals surface area contributed by atoms with Gasteiger partial charge in [-0.2, -0.15) is 4.31 Å². The van der Waals surface area contributed by atoms with Crippen LogP contribution < -0.4 is 0 Å². The first-order valence-electron chi connectivity index (χ1n) is 8.00. The van der Waals surface area contributed by atoms with E-state index in [1.807, 2.05) is 25.1 Å². The van der Waals surface area contributed by atoms with E-state index in [0.717, 1.165) is 22.4 Å². The Bertz CT molecular complexity index is 955. The van der Waals surface area contributed by atoms with Crippen molar-refractivity contribution in [3.8, 4) is 0 Å². The van der Waals surface area contributed by atoms with E-state index in [2.05, 4.69) is 0 Å². The molecule has 1 aromatic heterocycles. The van der Waals surface area contributed by atoms with Crippen LogP contribution in [0, 0.1) is 6.92 Å².